The Kier molecular flexibility index (Phi) is 4.02. The van der Waals surface area contributed by atoms with E-state index < -0.39 is 11.5 Å². The lowest BCUT2D eigenvalue weighted by molar-refractivity contribution is -0.149. The second-order valence-electron chi connectivity index (χ2n) is 6.82. The van der Waals surface area contributed by atoms with Crippen LogP contribution in [0.3, 0.4) is 0 Å². The third kappa shape index (κ3) is 3.05. The Morgan fingerprint density at radius 1 is 1.43 bits per heavy atom. The summed E-state index contributed by atoms with van der Waals surface area (Å²) in [6.07, 6.45) is 0.893. The predicted molar refractivity (Wildman–Crippen MR) is 82.7 cm³/mol. The van der Waals surface area contributed by atoms with Crippen LogP contribution in [0.2, 0.25) is 0 Å². The molecule has 1 aliphatic heterocycles. The molecule has 1 aliphatic rings. The van der Waals surface area contributed by atoms with Crippen molar-refractivity contribution in [3.63, 3.8) is 0 Å². The molecule has 116 valence electrons. The van der Waals surface area contributed by atoms with E-state index >= 15 is 0 Å². The molecule has 4 nitrogen and oxygen atoms in total. The van der Waals surface area contributed by atoms with E-state index in [1.54, 1.807) is 13.8 Å². The summed E-state index contributed by atoms with van der Waals surface area (Å²) in [5.74, 6) is 0.125. The molecule has 0 atom stereocenters. The summed E-state index contributed by atoms with van der Waals surface area (Å²) in [5, 5.41) is 9.42. The van der Waals surface area contributed by atoms with Crippen LogP contribution < -0.4 is 4.74 Å². The fourth-order valence-corrected chi connectivity index (χ4v) is 2.85. The molecule has 0 fully saturated rings. The van der Waals surface area contributed by atoms with Gasteiger partial charge in [-0.3, -0.25) is 9.69 Å². The highest BCUT2D eigenvalue weighted by Gasteiger charge is 2.36. The van der Waals surface area contributed by atoms with Crippen molar-refractivity contribution < 1.29 is 14.6 Å². The van der Waals surface area contributed by atoms with Crippen molar-refractivity contribution in [3.05, 3.63) is 29.3 Å². The number of para-hydroxylation sites is 1. The topological polar surface area (TPSA) is 49.8 Å². The minimum absolute atomic E-state index is 0.183. The van der Waals surface area contributed by atoms with Crippen LogP contribution in [0.5, 0.6) is 5.75 Å². The molecule has 0 unspecified atom stereocenters. The summed E-state index contributed by atoms with van der Waals surface area (Å²) in [6.45, 7) is 10.9. The van der Waals surface area contributed by atoms with Crippen molar-refractivity contribution >= 4 is 5.97 Å². The quantitative estimate of drug-likeness (QED) is 0.905. The number of hydrogen-bond acceptors (Lipinski definition) is 3. The van der Waals surface area contributed by atoms with Crippen LogP contribution in [0.1, 0.15) is 45.7 Å². The van der Waals surface area contributed by atoms with Gasteiger partial charge in [-0.25, -0.2) is 0 Å². The molecule has 0 saturated heterocycles. The van der Waals surface area contributed by atoms with Gasteiger partial charge in [-0.15, -0.1) is 0 Å². The van der Waals surface area contributed by atoms with Crippen molar-refractivity contribution in [2.75, 3.05) is 6.54 Å². The number of rotatable bonds is 5. The Bertz CT molecular complexity index is 549. The van der Waals surface area contributed by atoms with Gasteiger partial charge >= 0.3 is 5.97 Å². The van der Waals surface area contributed by atoms with Gasteiger partial charge in [-0.2, -0.15) is 0 Å². The molecule has 0 aromatic heterocycles. The van der Waals surface area contributed by atoms with Gasteiger partial charge in [0, 0.05) is 18.5 Å². The highest BCUT2D eigenvalue weighted by Crippen LogP contribution is 2.38. The molecule has 0 saturated carbocycles. The lowest BCUT2D eigenvalue weighted by Crippen LogP contribution is -2.49. The first kappa shape index (κ1) is 15.8. The maximum absolute atomic E-state index is 11.5. The third-order valence-electron chi connectivity index (χ3n) is 4.23. The van der Waals surface area contributed by atoms with Crippen molar-refractivity contribution in [1.29, 1.82) is 0 Å². The number of aliphatic carboxylic acids is 1. The number of carbonyl (C=O) groups is 1. The Hall–Kier alpha value is -1.55. The molecule has 1 aromatic rings. The van der Waals surface area contributed by atoms with E-state index in [4.69, 9.17) is 4.74 Å². The third-order valence-corrected chi connectivity index (χ3v) is 4.23. The zero-order valence-electron chi connectivity index (χ0n) is 13.6. The predicted octanol–water partition coefficient (Wildman–Crippen LogP) is 3.09. The molecular formula is C17H25NO3. The lowest BCUT2D eigenvalue weighted by atomic mass is 9.99. The zero-order valence-corrected chi connectivity index (χ0v) is 13.6. The van der Waals surface area contributed by atoms with Crippen molar-refractivity contribution in [1.82, 2.24) is 4.90 Å². The van der Waals surface area contributed by atoms with Crippen LogP contribution in [0, 0.1) is 0 Å². The summed E-state index contributed by atoms with van der Waals surface area (Å²) >= 11 is 0. The molecular weight excluding hydrogens is 266 g/mol. The normalized spacial score (nSPS) is 16.7. The van der Waals surface area contributed by atoms with Crippen LogP contribution in [-0.4, -0.2) is 33.7 Å². The average molecular weight is 291 g/mol. The Morgan fingerprint density at radius 3 is 2.67 bits per heavy atom. The van der Waals surface area contributed by atoms with Crippen molar-refractivity contribution in [2.24, 2.45) is 0 Å². The summed E-state index contributed by atoms with van der Waals surface area (Å²) < 4.78 is 6.07. The van der Waals surface area contributed by atoms with Crippen LogP contribution in [0.4, 0.5) is 0 Å². The number of ether oxygens (including phenoxy) is 1. The van der Waals surface area contributed by atoms with Gasteiger partial charge in [-0.05, 0) is 39.8 Å². The van der Waals surface area contributed by atoms with E-state index in [0.717, 1.165) is 17.7 Å². The number of likely N-dealkylation sites (N-methyl/N-ethyl adjacent to an activating group) is 1. The molecule has 4 heteroatoms. The molecule has 0 amide bonds. The summed E-state index contributed by atoms with van der Waals surface area (Å²) in [7, 11) is 0. The van der Waals surface area contributed by atoms with Gasteiger partial charge in [0.2, 0.25) is 0 Å². The van der Waals surface area contributed by atoms with Crippen molar-refractivity contribution in [2.45, 2.75) is 58.7 Å². The highest BCUT2D eigenvalue weighted by atomic mass is 16.5. The lowest BCUT2D eigenvalue weighted by Gasteiger charge is -2.34. The first-order chi connectivity index (χ1) is 9.67. The minimum atomic E-state index is -0.897. The van der Waals surface area contributed by atoms with Gasteiger partial charge in [0.25, 0.3) is 0 Å². The minimum Gasteiger partial charge on any atom is -0.487 e. The maximum atomic E-state index is 11.5. The first-order valence-corrected chi connectivity index (χ1v) is 7.45. The number of benzene rings is 1. The molecule has 0 aliphatic carbocycles. The molecule has 1 heterocycles. The summed E-state index contributed by atoms with van der Waals surface area (Å²) in [6, 6.07) is 6.15. The van der Waals surface area contributed by atoms with Crippen molar-refractivity contribution in [3.8, 4) is 5.75 Å². The number of hydrogen-bond donors (Lipinski definition) is 1. The van der Waals surface area contributed by atoms with E-state index in [1.807, 2.05) is 24.0 Å². The molecule has 1 N–H and O–H groups in total. The fraction of sp³-hybridized carbons (Fsp3) is 0.588. The van der Waals surface area contributed by atoms with Gasteiger partial charge in [-0.1, -0.05) is 25.1 Å². The molecule has 2 rings (SSSR count). The largest absolute Gasteiger partial charge is 0.487 e. The van der Waals surface area contributed by atoms with Gasteiger partial charge < -0.3 is 9.84 Å². The van der Waals surface area contributed by atoms with E-state index in [9.17, 15) is 9.90 Å². The van der Waals surface area contributed by atoms with Gasteiger partial charge in [0.1, 0.15) is 16.9 Å². The SMILES string of the molecule is CCN(Cc1cccc2c1OC(C)(C)C2)C(C)(C)C(=O)O. The fourth-order valence-electron chi connectivity index (χ4n) is 2.85. The molecule has 0 spiro atoms. The highest BCUT2D eigenvalue weighted by molar-refractivity contribution is 5.77. The van der Waals surface area contributed by atoms with E-state index in [-0.39, 0.29) is 5.60 Å². The number of carboxylic acid groups (broad SMARTS) is 1. The Labute approximate surface area is 126 Å². The summed E-state index contributed by atoms with van der Waals surface area (Å²) in [5.41, 5.74) is 1.19. The first-order valence-electron chi connectivity index (χ1n) is 7.45. The molecule has 0 radical (unpaired) electrons. The van der Waals surface area contributed by atoms with Gasteiger partial charge in [0.05, 0.1) is 0 Å². The smallest absolute Gasteiger partial charge is 0.323 e. The second-order valence-corrected chi connectivity index (χ2v) is 6.82. The van der Waals surface area contributed by atoms with Gasteiger partial charge in [0.15, 0.2) is 0 Å². The number of nitrogens with zero attached hydrogens (tertiary/aromatic N) is 1. The standard InChI is InChI=1S/C17H25NO3/c1-6-18(17(4,5)15(19)20)11-13-9-7-8-12-10-16(2,3)21-14(12)13/h7-9H,6,10-11H2,1-5H3,(H,19,20). The van der Waals surface area contributed by atoms with E-state index in [2.05, 4.69) is 19.9 Å². The maximum Gasteiger partial charge on any atom is 0.323 e. The van der Waals surface area contributed by atoms with Crippen LogP contribution in [-0.2, 0) is 17.8 Å². The van der Waals surface area contributed by atoms with Crippen LogP contribution in [0.15, 0.2) is 18.2 Å². The van der Waals surface area contributed by atoms with E-state index in [0.29, 0.717) is 13.1 Å². The Morgan fingerprint density at radius 2 is 2.10 bits per heavy atom. The zero-order chi connectivity index (χ0) is 15.8. The summed E-state index contributed by atoms with van der Waals surface area (Å²) in [4.78, 5) is 13.4. The monoisotopic (exact) mass is 291 g/mol. The average Bonchev–Trinajstić information content (AvgIpc) is 2.69. The Balaban J connectivity index is 2.29. The van der Waals surface area contributed by atoms with Crippen LogP contribution in [0.25, 0.3) is 0 Å². The van der Waals surface area contributed by atoms with E-state index in [1.165, 1.54) is 5.56 Å². The molecule has 0 bridgehead atoms. The van der Waals surface area contributed by atoms with Crippen LogP contribution >= 0.6 is 0 Å². The second kappa shape index (κ2) is 5.34. The number of carboxylic acids is 1. The molecule has 1 aromatic carbocycles. The molecule has 21 heavy (non-hydrogen) atoms. The number of fused-ring (bicyclic) bond motifs is 1.